The molecule has 2 rings (SSSR count). The van der Waals surface area contributed by atoms with E-state index in [-0.39, 0.29) is 0 Å². The minimum atomic E-state index is -0.897. The number of nitrogens with one attached hydrogen (secondary N) is 1. The lowest BCUT2D eigenvalue weighted by Gasteiger charge is -2.18. The van der Waals surface area contributed by atoms with Crippen LogP contribution in [0.5, 0.6) is 5.75 Å². The summed E-state index contributed by atoms with van der Waals surface area (Å²) in [6, 6.07) is 5.61. The minimum Gasteiger partial charge on any atom is -0.480 e. The molecule has 0 aliphatic heterocycles. The Balaban J connectivity index is 2.02. The zero-order valence-corrected chi connectivity index (χ0v) is 15.4. The first-order valence-corrected chi connectivity index (χ1v) is 9.03. The third kappa shape index (κ3) is 6.38. The van der Waals surface area contributed by atoms with Gasteiger partial charge in [0, 0.05) is 12.4 Å². The molecule has 150 valence electrons. The number of pyridine rings is 1. The molecule has 1 heterocycles. The van der Waals surface area contributed by atoms with Crippen LogP contribution in [0.2, 0.25) is 0 Å². The number of unbranched alkanes of at least 4 members (excludes halogenated alkanes) is 2. The topological polar surface area (TPSA) is 94.3 Å². The van der Waals surface area contributed by atoms with Gasteiger partial charge in [-0.15, -0.1) is 0 Å². The molecule has 0 bridgehead atoms. The average Bonchev–Trinajstić information content (AvgIpc) is 2.70. The summed E-state index contributed by atoms with van der Waals surface area (Å²) in [4.78, 5) is 28.8. The second-order valence-corrected chi connectivity index (χ2v) is 6.21. The number of para-hydroxylation sites is 1. The summed E-state index contributed by atoms with van der Waals surface area (Å²) in [7, 11) is 0. The molecule has 0 fully saturated rings. The van der Waals surface area contributed by atoms with E-state index in [1.165, 1.54) is 18.5 Å². The number of carbonyl (C=O) groups is 2. The summed E-state index contributed by atoms with van der Waals surface area (Å²) in [6.45, 7) is -0.0247. The van der Waals surface area contributed by atoms with Crippen LogP contribution >= 0.6 is 0 Å². The molecule has 0 unspecified atom stereocenters. The monoisotopic (exact) mass is 391 g/mol. The van der Waals surface area contributed by atoms with Crippen LogP contribution in [0.25, 0.3) is 0 Å². The van der Waals surface area contributed by atoms with Gasteiger partial charge in [-0.05, 0) is 43.7 Å². The molecule has 0 aliphatic rings. The second-order valence-electron chi connectivity index (χ2n) is 6.21. The summed E-state index contributed by atoms with van der Waals surface area (Å²) in [5.74, 6) is -3.34. The highest BCUT2D eigenvalue weighted by molar-refractivity contribution is 5.98. The lowest BCUT2D eigenvalue weighted by Crippen LogP contribution is -2.43. The Hall–Kier alpha value is -2.87. The van der Waals surface area contributed by atoms with E-state index < -0.39 is 41.7 Å². The Morgan fingerprint density at radius 2 is 1.86 bits per heavy atom. The molecule has 0 saturated heterocycles. The van der Waals surface area contributed by atoms with Crippen LogP contribution in [0.4, 0.5) is 8.78 Å². The molecule has 1 aromatic carbocycles. The fraction of sp³-hybridized carbons (Fsp3) is 0.350. The van der Waals surface area contributed by atoms with Crippen LogP contribution < -0.4 is 15.8 Å². The Bertz CT molecular complexity index is 767. The number of nitrogens with two attached hydrogens (primary N) is 1. The maximum absolute atomic E-state index is 13.7. The van der Waals surface area contributed by atoms with Gasteiger partial charge in [0.2, 0.25) is 0 Å². The van der Waals surface area contributed by atoms with Gasteiger partial charge in [0.05, 0.1) is 11.6 Å². The number of ether oxygens (including phenoxy) is 1. The molecule has 1 amide bonds. The van der Waals surface area contributed by atoms with E-state index in [9.17, 15) is 18.4 Å². The number of rotatable bonds is 11. The van der Waals surface area contributed by atoms with Gasteiger partial charge in [0.1, 0.15) is 6.61 Å². The van der Waals surface area contributed by atoms with Crippen molar-refractivity contribution in [1.82, 2.24) is 10.3 Å². The lowest BCUT2D eigenvalue weighted by molar-refractivity contribution is -0.123. The van der Waals surface area contributed by atoms with Gasteiger partial charge in [-0.25, -0.2) is 8.78 Å². The third-order valence-corrected chi connectivity index (χ3v) is 4.09. The maximum atomic E-state index is 13.7. The van der Waals surface area contributed by atoms with E-state index in [1.54, 1.807) is 12.1 Å². The van der Waals surface area contributed by atoms with Crippen LogP contribution in [0.1, 0.15) is 36.0 Å². The van der Waals surface area contributed by atoms with E-state index in [4.69, 9.17) is 10.5 Å². The van der Waals surface area contributed by atoms with Gasteiger partial charge >= 0.3 is 0 Å². The molecule has 0 spiro atoms. The van der Waals surface area contributed by atoms with Crippen LogP contribution in [-0.4, -0.2) is 35.9 Å². The Labute approximate surface area is 162 Å². The summed E-state index contributed by atoms with van der Waals surface area (Å²) < 4.78 is 32.4. The molecule has 8 heteroatoms. The molecule has 0 saturated carbocycles. The normalized spacial score (nSPS) is 11.7. The van der Waals surface area contributed by atoms with Crippen molar-refractivity contribution in [2.75, 3.05) is 13.2 Å². The molecule has 1 aromatic heterocycles. The zero-order chi connectivity index (χ0) is 20.4. The summed E-state index contributed by atoms with van der Waals surface area (Å²) >= 11 is 0. The Kier molecular flexibility index (Phi) is 8.48. The fourth-order valence-electron chi connectivity index (χ4n) is 2.59. The SMILES string of the molecule is NCCCCC[C@H](NC(=O)c1cccnc1)C(=O)COc1c(F)cccc1F. The molecule has 28 heavy (non-hydrogen) atoms. The van der Waals surface area contributed by atoms with Crippen LogP contribution in [0.3, 0.4) is 0 Å². The number of ketones is 1. The molecular weight excluding hydrogens is 368 g/mol. The number of Topliss-reactive ketones (excluding diaryl/α,β-unsaturated/α-hetero) is 1. The van der Waals surface area contributed by atoms with Crippen molar-refractivity contribution in [2.24, 2.45) is 5.73 Å². The first-order valence-electron chi connectivity index (χ1n) is 9.03. The number of aromatic nitrogens is 1. The van der Waals surface area contributed by atoms with Gasteiger partial charge in [-0.1, -0.05) is 18.9 Å². The Morgan fingerprint density at radius 1 is 1.11 bits per heavy atom. The molecule has 0 radical (unpaired) electrons. The van der Waals surface area contributed by atoms with Crippen molar-refractivity contribution in [3.63, 3.8) is 0 Å². The number of hydrogen-bond donors (Lipinski definition) is 2. The van der Waals surface area contributed by atoms with Crippen molar-refractivity contribution < 1.29 is 23.1 Å². The van der Waals surface area contributed by atoms with Crippen molar-refractivity contribution >= 4 is 11.7 Å². The number of hydrogen-bond acceptors (Lipinski definition) is 5. The Morgan fingerprint density at radius 3 is 2.50 bits per heavy atom. The minimum absolute atomic E-state index is 0.309. The van der Waals surface area contributed by atoms with Crippen LogP contribution in [0.15, 0.2) is 42.7 Å². The smallest absolute Gasteiger partial charge is 0.253 e. The largest absolute Gasteiger partial charge is 0.480 e. The summed E-state index contributed by atoms with van der Waals surface area (Å²) in [6.07, 6.45) is 5.54. The maximum Gasteiger partial charge on any atom is 0.253 e. The second kappa shape index (κ2) is 11.1. The number of nitrogens with zero attached hydrogens (tertiary/aromatic N) is 1. The molecule has 6 nitrogen and oxygen atoms in total. The van der Waals surface area contributed by atoms with Crippen LogP contribution in [0, 0.1) is 11.6 Å². The highest BCUT2D eigenvalue weighted by Gasteiger charge is 2.23. The van der Waals surface area contributed by atoms with Crippen molar-refractivity contribution in [3.8, 4) is 5.75 Å². The number of benzene rings is 1. The van der Waals surface area contributed by atoms with Crippen molar-refractivity contribution in [2.45, 2.75) is 31.7 Å². The molecule has 1 atom stereocenters. The molecule has 2 aromatic rings. The fourth-order valence-corrected chi connectivity index (χ4v) is 2.59. The van der Waals surface area contributed by atoms with E-state index in [1.807, 2.05) is 0 Å². The predicted molar refractivity (Wildman–Crippen MR) is 99.9 cm³/mol. The number of amides is 1. The van der Waals surface area contributed by atoms with Gasteiger partial charge < -0.3 is 15.8 Å². The predicted octanol–water partition coefficient (Wildman–Crippen LogP) is 2.63. The van der Waals surface area contributed by atoms with Gasteiger partial charge in [0.25, 0.3) is 5.91 Å². The van der Waals surface area contributed by atoms with E-state index in [0.29, 0.717) is 24.9 Å². The van der Waals surface area contributed by atoms with Crippen molar-refractivity contribution in [1.29, 1.82) is 0 Å². The van der Waals surface area contributed by atoms with Crippen molar-refractivity contribution in [3.05, 3.63) is 59.9 Å². The van der Waals surface area contributed by atoms with E-state index in [2.05, 4.69) is 10.3 Å². The van der Waals surface area contributed by atoms with Gasteiger partial charge in [0.15, 0.2) is 23.2 Å². The van der Waals surface area contributed by atoms with Gasteiger partial charge in [-0.3, -0.25) is 14.6 Å². The first-order chi connectivity index (χ1) is 13.5. The van der Waals surface area contributed by atoms with Crippen LogP contribution in [-0.2, 0) is 4.79 Å². The van der Waals surface area contributed by atoms with E-state index in [0.717, 1.165) is 25.0 Å². The standard InChI is InChI=1S/C20H23F2N3O3/c21-15-7-4-8-16(22)19(15)28-13-18(26)17(9-2-1-3-10-23)25-20(27)14-6-5-11-24-12-14/h4-8,11-12,17H,1-3,9-10,13,23H2,(H,25,27)/t17-/m0/s1. The molecule has 3 N–H and O–H groups in total. The van der Waals surface area contributed by atoms with E-state index >= 15 is 0 Å². The molecule has 0 aliphatic carbocycles. The molecular formula is C20H23F2N3O3. The highest BCUT2D eigenvalue weighted by atomic mass is 19.1. The number of halogens is 2. The average molecular weight is 391 g/mol. The summed E-state index contributed by atoms with van der Waals surface area (Å²) in [5.41, 5.74) is 5.78. The van der Waals surface area contributed by atoms with Gasteiger partial charge in [-0.2, -0.15) is 0 Å². The quantitative estimate of drug-likeness (QED) is 0.574. The number of carbonyl (C=O) groups excluding carboxylic acids is 2. The highest BCUT2D eigenvalue weighted by Crippen LogP contribution is 2.21. The lowest BCUT2D eigenvalue weighted by atomic mass is 10.0. The zero-order valence-electron chi connectivity index (χ0n) is 15.4. The third-order valence-electron chi connectivity index (χ3n) is 4.09. The summed E-state index contributed by atoms with van der Waals surface area (Å²) in [5, 5.41) is 2.65. The first kappa shape index (κ1) is 21.4.